The lowest BCUT2D eigenvalue weighted by Gasteiger charge is -2.17. The number of amides is 1. The SMILES string of the molecule is Cc1cc(C)c2nc(-c3ccc(Cl)cc3)c(C)c(C(=O)Nc3ccc(Cl)cc3Cl)c2c1. The van der Waals surface area contributed by atoms with Crippen molar-refractivity contribution in [1.82, 2.24) is 4.98 Å². The Labute approximate surface area is 196 Å². The van der Waals surface area contributed by atoms with Crippen LogP contribution in [0.2, 0.25) is 15.1 Å². The molecule has 0 saturated carbocycles. The number of nitrogens with one attached hydrogen (secondary N) is 1. The molecule has 0 unspecified atom stereocenters. The van der Waals surface area contributed by atoms with E-state index in [1.54, 1.807) is 18.2 Å². The molecule has 1 N–H and O–H groups in total. The molecule has 1 amide bonds. The zero-order valence-electron chi connectivity index (χ0n) is 17.2. The first kappa shape index (κ1) is 21.6. The number of hydrogen-bond acceptors (Lipinski definition) is 2. The maximum atomic E-state index is 13.5. The van der Waals surface area contributed by atoms with Crippen LogP contribution in [0.1, 0.15) is 27.0 Å². The minimum atomic E-state index is -0.255. The molecule has 0 spiro atoms. The summed E-state index contributed by atoms with van der Waals surface area (Å²) in [6, 6.07) is 16.5. The fourth-order valence-electron chi connectivity index (χ4n) is 3.77. The lowest BCUT2D eigenvalue weighted by atomic mass is 9.94. The summed E-state index contributed by atoms with van der Waals surface area (Å²) < 4.78 is 0. The number of pyridine rings is 1. The van der Waals surface area contributed by atoms with Gasteiger partial charge in [-0.25, -0.2) is 4.98 Å². The zero-order valence-corrected chi connectivity index (χ0v) is 19.5. The third-order valence-electron chi connectivity index (χ3n) is 5.19. The van der Waals surface area contributed by atoms with E-state index in [0.717, 1.165) is 38.9 Å². The monoisotopic (exact) mass is 468 g/mol. The van der Waals surface area contributed by atoms with Crippen molar-refractivity contribution in [3.63, 3.8) is 0 Å². The van der Waals surface area contributed by atoms with E-state index in [0.29, 0.717) is 26.3 Å². The topological polar surface area (TPSA) is 42.0 Å². The molecule has 0 aliphatic carbocycles. The number of anilines is 1. The van der Waals surface area contributed by atoms with E-state index in [-0.39, 0.29) is 5.91 Å². The van der Waals surface area contributed by atoms with Crippen LogP contribution in [0.25, 0.3) is 22.2 Å². The van der Waals surface area contributed by atoms with Crippen molar-refractivity contribution in [2.45, 2.75) is 20.8 Å². The Morgan fingerprint density at radius 1 is 0.871 bits per heavy atom. The molecule has 0 aliphatic heterocycles. The summed E-state index contributed by atoms with van der Waals surface area (Å²) in [5, 5.41) is 5.26. The summed E-state index contributed by atoms with van der Waals surface area (Å²) in [6.07, 6.45) is 0. The van der Waals surface area contributed by atoms with Gasteiger partial charge in [0.05, 0.1) is 27.5 Å². The number of carbonyl (C=O) groups is 1. The smallest absolute Gasteiger partial charge is 0.256 e. The van der Waals surface area contributed by atoms with Gasteiger partial charge in [0.25, 0.3) is 5.91 Å². The average Bonchev–Trinajstić information content (AvgIpc) is 2.70. The van der Waals surface area contributed by atoms with E-state index in [4.69, 9.17) is 39.8 Å². The van der Waals surface area contributed by atoms with E-state index in [1.165, 1.54) is 0 Å². The maximum Gasteiger partial charge on any atom is 0.256 e. The normalized spacial score (nSPS) is 11.0. The van der Waals surface area contributed by atoms with Crippen LogP contribution in [0.5, 0.6) is 0 Å². The lowest BCUT2D eigenvalue weighted by molar-refractivity contribution is 0.102. The molecular formula is C25H19Cl3N2O. The first-order chi connectivity index (χ1) is 14.7. The Balaban J connectivity index is 1.94. The van der Waals surface area contributed by atoms with E-state index in [9.17, 15) is 4.79 Å². The highest BCUT2D eigenvalue weighted by Crippen LogP contribution is 2.34. The molecule has 0 radical (unpaired) electrons. The van der Waals surface area contributed by atoms with Crippen LogP contribution < -0.4 is 5.32 Å². The molecular weight excluding hydrogens is 451 g/mol. The molecule has 0 fully saturated rings. The van der Waals surface area contributed by atoms with E-state index in [2.05, 4.69) is 11.4 Å². The number of hydrogen-bond donors (Lipinski definition) is 1. The molecule has 1 aromatic heterocycles. The van der Waals surface area contributed by atoms with Crippen LogP contribution in [0.4, 0.5) is 5.69 Å². The summed E-state index contributed by atoms with van der Waals surface area (Å²) in [7, 11) is 0. The van der Waals surface area contributed by atoms with Gasteiger partial charge in [0.1, 0.15) is 0 Å². The number of nitrogens with zero attached hydrogens (tertiary/aromatic N) is 1. The second kappa shape index (κ2) is 8.51. The Bertz CT molecular complexity index is 1330. The summed E-state index contributed by atoms with van der Waals surface area (Å²) >= 11 is 18.3. The fourth-order valence-corrected chi connectivity index (χ4v) is 4.35. The molecule has 1 heterocycles. The van der Waals surface area contributed by atoms with Gasteiger partial charge in [-0.2, -0.15) is 0 Å². The third-order valence-corrected chi connectivity index (χ3v) is 5.99. The molecule has 4 rings (SSSR count). The quantitative estimate of drug-likeness (QED) is 0.330. The molecule has 0 aliphatic rings. The molecule has 3 aromatic carbocycles. The third kappa shape index (κ3) is 4.27. The minimum Gasteiger partial charge on any atom is -0.321 e. The van der Waals surface area contributed by atoms with Crippen molar-refractivity contribution >= 4 is 57.3 Å². The Morgan fingerprint density at radius 3 is 2.23 bits per heavy atom. The van der Waals surface area contributed by atoms with Crippen LogP contribution in [0, 0.1) is 20.8 Å². The van der Waals surface area contributed by atoms with Gasteiger partial charge in [-0.15, -0.1) is 0 Å². The lowest BCUT2D eigenvalue weighted by Crippen LogP contribution is -2.16. The summed E-state index contributed by atoms with van der Waals surface area (Å²) in [4.78, 5) is 18.4. The molecule has 0 atom stereocenters. The molecule has 156 valence electrons. The largest absolute Gasteiger partial charge is 0.321 e. The second-order valence-electron chi connectivity index (χ2n) is 7.52. The summed E-state index contributed by atoms with van der Waals surface area (Å²) in [6.45, 7) is 5.92. The first-order valence-electron chi connectivity index (χ1n) is 9.68. The van der Waals surface area contributed by atoms with Gasteiger partial charge in [0.2, 0.25) is 0 Å². The number of fused-ring (bicyclic) bond motifs is 1. The zero-order chi connectivity index (χ0) is 22.3. The highest BCUT2D eigenvalue weighted by Gasteiger charge is 2.21. The van der Waals surface area contributed by atoms with Crippen molar-refractivity contribution in [2.24, 2.45) is 0 Å². The van der Waals surface area contributed by atoms with Crippen molar-refractivity contribution in [3.05, 3.63) is 91.9 Å². The van der Waals surface area contributed by atoms with Crippen LogP contribution >= 0.6 is 34.8 Å². The van der Waals surface area contributed by atoms with Crippen LogP contribution in [-0.2, 0) is 0 Å². The maximum absolute atomic E-state index is 13.5. The molecule has 3 nitrogen and oxygen atoms in total. The molecule has 0 saturated heterocycles. The number of aromatic nitrogens is 1. The van der Waals surface area contributed by atoms with Crippen molar-refractivity contribution in [1.29, 1.82) is 0 Å². The van der Waals surface area contributed by atoms with E-state index < -0.39 is 0 Å². The predicted molar refractivity (Wildman–Crippen MR) is 131 cm³/mol. The Kier molecular flexibility index (Phi) is 5.94. The van der Waals surface area contributed by atoms with Crippen LogP contribution in [0.15, 0.2) is 54.6 Å². The molecule has 6 heteroatoms. The Hall–Kier alpha value is -2.59. The van der Waals surface area contributed by atoms with Gasteiger partial charge in [-0.3, -0.25) is 4.79 Å². The van der Waals surface area contributed by atoms with E-state index in [1.807, 2.05) is 51.1 Å². The summed E-state index contributed by atoms with van der Waals surface area (Å²) in [5.41, 5.74) is 6.32. The highest BCUT2D eigenvalue weighted by molar-refractivity contribution is 6.37. The highest BCUT2D eigenvalue weighted by atomic mass is 35.5. The number of carbonyl (C=O) groups excluding carboxylic acids is 1. The van der Waals surface area contributed by atoms with Gasteiger partial charge in [0, 0.05) is 21.0 Å². The van der Waals surface area contributed by atoms with Gasteiger partial charge in [-0.1, -0.05) is 58.6 Å². The molecule has 4 aromatic rings. The van der Waals surface area contributed by atoms with Crippen molar-refractivity contribution in [2.75, 3.05) is 5.32 Å². The number of benzene rings is 3. The average molecular weight is 470 g/mol. The number of rotatable bonds is 3. The van der Waals surface area contributed by atoms with Gasteiger partial charge in [0.15, 0.2) is 0 Å². The fraction of sp³-hybridized carbons (Fsp3) is 0.120. The number of halogens is 3. The van der Waals surface area contributed by atoms with Gasteiger partial charge >= 0.3 is 0 Å². The predicted octanol–water partition coefficient (Wildman–Crippen LogP) is 8.04. The standard InChI is InChI=1S/C25H19Cl3N2O/c1-13-10-14(2)23-19(11-13)22(25(31)29-21-9-8-18(27)12-20(21)28)15(3)24(30-23)16-4-6-17(26)7-5-16/h4-12H,1-3H3,(H,29,31). The van der Waals surface area contributed by atoms with Crippen LogP contribution in [-0.4, -0.2) is 10.9 Å². The van der Waals surface area contributed by atoms with Crippen LogP contribution in [0.3, 0.4) is 0 Å². The Morgan fingerprint density at radius 2 is 1.55 bits per heavy atom. The first-order valence-corrected chi connectivity index (χ1v) is 10.8. The summed E-state index contributed by atoms with van der Waals surface area (Å²) in [5.74, 6) is -0.255. The van der Waals surface area contributed by atoms with Crippen molar-refractivity contribution < 1.29 is 4.79 Å². The van der Waals surface area contributed by atoms with Gasteiger partial charge < -0.3 is 5.32 Å². The van der Waals surface area contributed by atoms with Crippen molar-refractivity contribution in [3.8, 4) is 11.3 Å². The minimum absolute atomic E-state index is 0.255. The van der Waals surface area contributed by atoms with E-state index >= 15 is 0 Å². The van der Waals surface area contributed by atoms with Gasteiger partial charge in [-0.05, 0) is 68.3 Å². The molecule has 31 heavy (non-hydrogen) atoms. The number of aryl methyl sites for hydroxylation is 2. The molecule has 0 bridgehead atoms. The second-order valence-corrected chi connectivity index (χ2v) is 8.80.